The molecule has 1 aliphatic rings. The molecule has 0 saturated carbocycles. The molecule has 2 aromatic rings. The van der Waals surface area contributed by atoms with Gasteiger partial charge in [-0.2, -0.15) is 0 Å². The summed E-state index contributed by atoms with van der Waals surface area (Å²) in [6.07, 6.45) is 2.44. The lowest BCUT2D eigenvalue weighted by molar-refractivity contribution is -0.149. The van der Waals surface area contributed by atoms with Crippen LogP contribution >= 0.6 is 11.6 Å². The van der Waals surface area contributed by atoms with Gasteiger partial charge in [0.05, 0.1) is 30.8 Å². The molecule has 0 aliphatic carbocycles. The number of nitrogens with one attached hydrogen (secondary N) is 1. The normalized spacial score (nSPS) is 15.7. The maximum Gasteiger partial charge on any atom is 0.321 e. The molecule has 1 saturated heterocycles. The molecule has 1 atom stereocenters. The smallest absolute Gasteiger partial charge is 0.321 e. The van der Waals surface area contributed by atoms with E-state index < -0.39 is 40.1 Å². The SMILES string of the molecule is C=C(C)/C=C(/Cl)c1cc(C(=O)N[C@H](CO)c2ccc(S(=O)(=O)CC(=O)OC3CCOCC3)cc2)n(C)c1C. The zero-order valence-corrected chi connectivity index (χ0v) is 23.3. The van der Waals surface area contributed by atoms with E-state index in [1.165, 1.54) is 24.3 Å². The van der Waals surface area contributed by atoms with Gasteiger partial charge >= 0.3 is 5.97 Å². The van der Waals surface area contributed by atoms with Gasteiger partial charge in [-0.3, -0.25) is 9.59 Å². The Bertz CT molecular complexity index is 1320. The Balaban J connectivity index is 1.70. The van der Waals surface area contributed by atoms with E-state index in [0.29, 0.717) is 47.9 Å². The Hall–Kier alpha value is -2.92. The molecule has 1 aromatic carbocycles. The lowest BCUT2D eigenvalue weighted by Gasteiger charge is -2.22. The van der Waals surface area contributed by atoms with Crippen LogP contribution in [0.1, 0.15) is 53.1 Å². The quantitative estimate of drug-likeness (QED) is 0.334. The minimum atomic E-state index is -3.93. The largest absolute Gasteiger partial charge is 0.461 e. The maximum absolute atomic E-state index is 13.1. The molecule has 1 aromatic heterocycles. The third-order valence-corrected chi connectivity index (χ3v) is 8.22. The highest BCUT2D eigenvalue weighted by atomic mass is 35.5. The summed E-state index contributed by atoms with van der Waals surface area (Å²) in [5.74, 6) is -2.02. The van der Waals surface area contributed by atoms with Crippen LogP contribution in [0.4, 0.5) is 0 Å². The number of halogens is 1. The number of allylic oxidation sites excluding steroid dienone is 2. The van der Waals surface area contributed by atoms with Crippen LogP contribution in [-0.4, -0.2) is 61.6 Å². The van der Waals surface area contributed by atoms with Crippen molar-refractivity contribution in [1.82, 2.24) is 9.88 Å². The third kappa shape index (κ3) is 7.35. The first kappa shape index (κ1) is 29.6. The number of aromatic nitrogens is 1. The number of hydrogen-bond acceptors (Lipinski definition) is 7. The first-order valence-electron chi connectivity index (χ1n) is 12.1. The van der Waals surface area contributed by atoms with E-state index in [4.69, 9.17) is 21.1 Å². The van der Waals surface area contributed by atoms with E-state index in [1.54, 1.807) is 23.8 Å². The van der Waals surface area contributed by atoms with Crippen molar-refractivity contribution in [2.45, 2.75) is 43.7 Å². The van der Waals surface area contributed by atoms with Gasteiger partial charge in [-0.05, 0) is 43.7 Å². The molecule has 2 N–H and O–H groups in total. The van der Waals surface area contributed by atoms with Crippen molar-refractivity contribution in [3.05, 3.63) is 71.1 Å². The topological polar surface area (TPSA) is 124 Å². The summed E-state index contributed by atoms with van der Waals surface area (Å²) in [4.78, 5) is 25.2. The molecular formula is C27H33ClN2O7S. The van der Waals surface area contributed by atoms with Gasteiger partial charge < -0.3 is 24.5 Å². The number of esters is 1. The Morgan fingerprint density at radius 1 is 1.29 bits per heavy atom. The summed E-state index contributed by atoms with van der Waals surface area (Å²) in [7, 11) is -2.20. The van der Waals surface area contributed by atoms with E-state index in [0.717, 1.165) is 11.3 Å². The van der Waals surface area contributed by atoms with Crippen LogP contribution in [-0.2, 0) is 31.2 Å². The monoisotopic (exact) mass is 564 g/mol. The fraction of sp³-hybridized carbons (Fsp3) is 0.407. The fourth-order valence-electron chi connectivity index (χ4n) is 4.08. The highest BCUT2D eigenvalue weighted by molar-refractivity contribution is 7.92. The Morgan fingerprint density at radius 2 is 1.92 bits per heavy atom. The minimum Gasteiger partial charge on any atom is -0.461 e. The van der Waals surface area contributed by atoms with Gasteiger partial charge in [0.2, 0.25) is 0 Å². The van der Waals surface area contributed by atoms with Crippen molar-refractivity contribution in [1.29, 1.82) is 0 Å². The van der Waals surface area contributed by atoms with Crippen LogP contribution in [0, 0.1) is 6.92 Å². The minimum absolute atomic E-state index is 0.0603. The second-order valence-electron chi connectivity index (χ2n) is 9.26. The fourth-order valence-corrected chi connectivity index (χ4v) is 5.55. The van der Waals surface area contributed by atoms with Gasteiger partial charge in [-0.15, -0.1) is 0 Å². The third-order valence-electron chi connectivity index (χ3n) is 6.30. The highest BCUT2D eigenvalue weighted by Gasteiger charge is 2.25. The van der Waals surface area contributed by atoms with Gasteiger partial charge in [-0.25, -0.2) is 8.42 Å². The van der Waals surface area contributed by atoms with E-state index in [-0.39, 0.29) is 11.0 Å². The number of carbonyl (C=O) groups excluding carboxylic acids is 2. The molecule has 11 heteroatoms. The number of rotatable bonds is 10. The summed E-state index contributed by atoms with van der Waals surface area (Å²) < 4.78 is 37.6. The van der Waals surface area contributed by atoms with Gasteiger partial charge in [0.15, 0.2) is 15.6 Å². The number of aliphatic hydroxyl groups excluding tert-OH is 1. The van der Waals surface area contributed by atoms with E-state index in [9.17, 15) is 23.1 Å². The number of amides is 1. The maximum atomic E-state index is 13.1. The first-order chi connectivity index (χ1) is 17.9. The van der Waals surface area contributed by atoms with Crippen molar-refractivity contribution in [2.24, 2.45) is 7.05 Å². The molecule has 0 unspecified atom stereocenters. The van der Waals surface area contributed by atoms with Crippen LogP contribution in [0.2, 0.25) is 0 Å². The van der Waals surface area contributed by atoms with Gasteiger partial charge in [0, 0.05) is 36.2 Å². The predicted octanol–water partition coefficient (Wildman–Crippen LogP) is 3.45. The molecular weight excluding hydrogens is 532 g/mol. The lowest BCUT2D eigenvalue weighted by Crippen LogP contribution is -2.32. The lowest BCUT2D eigenvalue weighted by atomic mass is 10.1. The zero-order chi connectivity index (χ0) is 28.0. The van der Waals surface area contributed by atoms with Crippen molar-refractivity contribution in [3.63, 3.8) is 0 Å². The molecule has 38 heavy (non-hydrogen) atoms. The number of nitrogens with zero attached hydrogens (tertiary/aromatic N) is 1. The first-order valence-corrected chi connectivity index (χ1v) is 14.2. The van der Waals surface area contributed by atoms with Gasteiger partial charge in [0.1, 0.15) is 11.8 Å². The average molecular weight is 565 g/mol. The summed E-state index contributed by atoms with van der Waals surface area (Å²) in [5.41, 5.74) is 3.07. The molecule has 9 nitrogen and oxygen atoms in total. The van der Waals surface area contributed by atoms with Crippen LogP contribution < -0.4 is 5.32 Å². The van der Waals surface area contributed by atoms with Crippen LogP contribution in [0.15, 0.2) is 53.5 Å². The van der Waals surface area contributed by atoms with E-state index in [2.05, 4.69) is 11.9 Å². The Morgan fingerprint density at radius 3 is 2.50 bits per heavy atom. The van der Waals surface area contributed by atoms with E-state index >= 15 is 0 Å². The standard InChI is InChI=1S/C27H33ClN2O7S/c1-17(2)13-23(28)22-14-25(30(4)18(22)3)27(33)29-24(15-31)19-5-7-21(8-6-19)38(34,35)16-26(32)37-20-9-11-36-12-10-20/h5-8,13-14,20,24,31H,1,9-12,15-16H2,2-4H3,(H,29,33)/b23-13+/t24-/m1/s1. The van der Waals surface area contributed by atoms with Crippen molar-refractivity contribution < 1.29 is 32.6 Å². The second kappa shape index (κ2) is 12.8. The van der Waals surface area contributed by atoms with Crippen molar-refractivity contribution in [2.75, 3.05) is 25.6 Å². The number of hydrogen-bond donors (Lipinski definition) is 2. The number of aliphatic hydroxyl groups is 1. The average Bonchev–Trinajstić information content (AvgIpc) is 3.16. The number of sulfone groups is 1. The molecule has 206 valence electrons. The second-order valence-corrected chi connectivity index (χ2v) is 11.7. The summed E-state index contributed by atoms with van der Waals surface area (Å²) >= 11 is 6.39. The Kier molecular flexibility index (Phi) is 9.94. The number of carbonyl (C=O) groups is 2. The van der Waals surface area contributed by atoms with Crippen molar-refractivity contribution in [3.8, 4) is 0 Å². The summed E-state index contributed by atoms with van der Waals surface area (Å²) in [6, 6.07) is 6.54. The van der Waals surface area contributed by atoms with Crippen LogP contribution in [0.25, 0.3) is 5.03 Å². The molecule has 2 heterocycles. The van der Waals surface area contributed by atoms with Gasteiger partial charge in [-0.1, -0.05) is 35.9 Å². The molecule has 1 fully saturated rings. The zero-order valence-electron chi connectivity index (χ0n) is 21.7. The summed E-state index contributed by atoms with van der Waals surface area (Å²) in [5, 5.41) is 13.2. The number of benzene rings is 1. The molecule has 1 amide bonds. The highest BCUT2D eigenvalue weighted by Crippen LogP contribution is 2.27. The summed E-state index contributed by atoms with van der Waals surface area (Å²) in [6.45, 7) is 8.00. The molecule has 0 spiro atoms. The molecule has 1 aliphatic heterocycles. The Labute approximate surface area is 228 Å². The molecule has 3 rings (SSSR count). The predicted molar refractivity (Wildman–Crippen MR) is 145 cm³/mol. The van der Waals surface area contributed by atoms with Crippen LogP contribution in [0.5, 0.6) is 0 Å². The van der Waals surface area contributed by atoms with Gasteiger partial charge in [0.25, 0.3) is 5.91 Å². The van der Waals surface area contributed by atoms with Crippen LogP contribution in [0.3, 0.4) is 0 Å². The van der Waals surface area contributed by atoms with Crippen molar-refractivity contribution >= 4 is 38.3 Å². The molecule has 0 radical (unpaired) electrons. The van der Waals surface area contributed by atoms with E-state index in [1.807, 2.05) is 13.8 Å². The molecule has 0 bridgehead atoms. The number of ether oxygens (including phenoxy) is 2.